The Morgan fingerprint density at radius 1 is 1.31 bits per heavy atom. The highest BCUT2D eigenvalue weighted by Gasteiger charge is 2.21. The summed E-state index contributed by atoms with van der Waals surface area (Å²) in [5.74, 6) is 0.164. The largest absolute Gasteiger partial charge is 0.464 e. The summed E-state index contributed by atoms with van der Waals surface area (Å²) in [5, 5.41) is 4.24. The molecule has 1 N–H and O–H groups in total. The van der Waals surface area contributed by atoms with Crippen LogP contribution in [0.1, 0.15) is 24.3 Å². The molecular formula is C13H14FNO. The molecular weight excluding hydrogens is 205 g/mol. The Morgan fingerprint density at radius 2 is 2.25 bits per heavy atom. The Hall–Kier alpha value is -1.35. The van der Waals surface area contributed by atoms with E-state index in [4.69, 9.17) is 4.42 Å². The first-order valence-electron chi connectivity index (χ1n) is 5.72. The Kier molecular flexibility index (Phi) is 2.40. The number of hydrogen-bond donors (Lipinski definition) is 1. The zero-order valence-electron chi connectivity index (χ0n) is 9.00. The number of halogens is 1. The third-order valence-corrected chi connectivity index (χ3v) is 3.33. The van der Waals surface area contributed by atoms with Crippen molar-refractivity contribution in [3.05, 3.63) is 35.8 Å². The average molecular weight is 219 g/mol. The van der Waals surface area contributed by atoms with Crippen LogP contribution in [0.3, 0.4) is 0 Å². The average Bonchev–Trinajstić information content (AvgIpc) is 2.78. The lowest BCUT2D eigenvalue weighted by atomic mass is 9.89. The van der Waals surface area contributed by atoms with Gasteiger partial charge in [-0.25, -0.2) is 4.39 Å². The fraction of sp³-hybridized carbons (Fsp3) is 0.385. The second kappa shape index (κ2) is 3.91. The molecule has 0 saturated carbocycles. The number of piperidine rings is 1. The van der Waals surface area contributed by atoms with Crippen LogP contribution >= 0.6 is 0 Å². The molecule has 1 fully saturated rings. The predicted octanol–water partition coefficient (Wildman–Crippen LogP) is 3.04. The van der Waals surface area contributed by atoms with Crippen LogP contribution in [-0.4, -0.2) is 13.1 Å². The summed E-state index contributed by atoms with van der Waals surface area (Å²) in [6, 6.07) is 5.07. The second-order valence-corrected chi connectivity index (χ2v) is 4.34. The zero-order valence-corrected chi connectivity index (χ0v) is 9.00. The molecule has 1 aliphatic heterocycles. The first-order chi connectivity index (χ1) is 7.86. The molecule has 2 heterocycles. The van der Waals surface area contributed by atoms with Gasteiger partial charge < -0.3 is 9.73 Å². The monoisotopic (exact) mass is 219 g/mol. The molecule has 1 aromatic heterocycles. The van der Waals surface area contributed by atoms with Crippen LogP contribution in [0.15, 0.2) is 28.9 Å². The van der Waals surface area contributed by atoms with Crippen molar-refractivity contribution in [2.75, 3.05) is 13.1 Å². The standard InChI is InChI=1S/C13H14FNO/c14-11-3-4-12-10(5-7-16-12)13(11)9-2-1-6-15-8-9/h3-5,7,9,15H,1-2,6,8H2. The smallest absolute Gasteiger partial charge is 0.134 e. The molecule has 2 aromatic rings. The molecule has 1 unspecified atom stereocenters. The topological polar surface area (TPSA) is 25.2 Å². The van der Waals surface area contributed by atoms with E-state index >= 15 is 0 Å². The van der Waals surface area contributed by atoms with Crippen LogP contribution < -0.4 is 5.32 Å². The van der Waals surface area contributed by atoms with Crippen molar-refractivity contribution in [2.24, 2.45) is 0 Å². The molecule has 16 heavy (non-hydrogen) atoms. The molecule has 3 rings (SSSR count). The van der Waals surface area contributed by atoms with Gasteiger partial charge in [0.05, 0.1) is 6.26 Å². The van der Waals surface area contributed by atoms with Crippen LogP contribution in [0, 0.1) is 5.82 Å². The molecule has 3 heteroatoms. The van der Waals surface area contributed by atoms with Crippen molar-refractivity contribution in [2.45, 2.75) is 18.8 Å². The van der Waals surface area contributed by atoms with Gasteiger partial charge in [-0.15, -0.1) is 0 Å². The zero-order chi connectivity index (χ0) is 11.0. The van der Waals surface area contributed by atoms with E-state index < -0.39 is 0 Å². The number of rotatable bonds is 1. The van der Waals surface area contributed by atoms with Crippen molar-refractivity contribution in [1.29, 1.82) is 0 Å². The van der Waals surface area contributed by atoms with Crippen LogP contribution in [0.5, 0.6) is 0 Å². The predicted molar refractivity (Wildman–Crippen MR) is 61.0 cm³/mol. The van der Waals surface area contributed by atoms with Gasteiger partial charge >= 0.3 is 0 Å². The van der Waals surface area contributed by atoms with E-state index in [0.717, 1.165) is 42.5 Å². The highest BCUT2D eigenvalue weighted by atomic mass is 19.1. The number of fused-ring (bicyclic) bond motifs is 1. The normalized spacial score (nSPS) is 21.4. The Morgan fingerprint density at radius 3 is 3.06 bits per heavy atom. The van der Waals surface area contributed by atoms with E-state index in [1.54, 1.807) is 12.3 Å². The van der Waals surface area contributed by atoms with Crippen molar-refractivity contribution in [3.63, 3.8) is 0 Å². The summed E-state index contributed by atoms with van der Waals surface area (Å²) in [6.45, 7) is 1.90. The van der Waals surface area contributed by atoms with E-state index in [0.29, 0.717) is 0 Å². The van der Waals surface area contributed by atoms with E-state index in [9.17, 15) is 4.39 Å². The van der Waals surface area contributed by atoms with Crippen molar-refractivity contribution in [3.8, 4) is 0 Å². The van der Waals surface area contributed by atoms with Gasteiger partial charge in [0.1, 0.15) is 11.4 Å². The third kappa shape index (κ3) is 1.52. The minimum Gasteiger partial charge on any atom is -0.464 e. The lowest BCUT2D eigenvalue weighted by molar-refractivity contribution is 0.449. The SMILES string of the molecule is Fc1ccc2occc2c1C1CCCNC1. The first-order valence-corrected chi connectivity index (χ1v) is 5.72. The first kappa shape index (κ1) is 9.85. The van der Waals surface area contributed by atoms with Crippen molar-refractivity contribution < 1.29 is 8.81 Å². The van der Waals surface area contributed by atoms with Crippen LogP contribution in [0.4, 0.5) is 4.39 Å². The molecule has 0 bridgehead atoms. The maximum Gasteiger partial charge on any atom is 0.134 e. The quantitative estimate of drug-likeness (QED) is 0.797. The van der Waals surface area contributed by atoms with Crippen LogP contribution in [0.2, 0.25) is 0 Å². The van der Waals surface area contributed by atoms with E-state index in [1.807, 2.05) is 6.07 Å². The summed E-state index contributed by atoms with van der Waals surface area (Å²) in [7, 11) is 0. The van der Waals surface area contributed by atoms with Gasteiger partial charge in [0, 0.05) is 23.4 Å². The van der Waals surface area contributed by atoms with E-state index in [-0.39, 0.29) is 11.7 Å². The maximum atomic E-state index is 13.9. The van der Waals surface area contributed by atoms with Crippen molar-refractivity contribution >= 4 is 11.0 Å². The van der Waals surface area contributed by atoms with E-state index in [1.165, 1.54) is 6.07 Å². The summed E-state index contributed by atoms with van der Waals surface area (Å²) in [4.78, 5) is 0. The van der Waals surface area contributed by atoms with Crippen LogP contribution in [-0.2, 0) is 0 Å². The van der Waals surface area contributed by atoms with Gasteiger partial charge in [0.2, 0.25) is 0 Å². The number of furan rings is 1. The summed E-state index contributed by atoms with van der Waals surface area (Å²) < 4.78 is 19.2. The number of benzene rings is 1. The summed E-state index contributed by atoms with van der Waals surface area (Å²) in [5.41, 5.74) is 1.60. The third-order valence-electron chi connectivity index (χ3n) is 3.33. The summed E-state index contributed by atoms with van der Waals surface area (Å²) in [6.07, 6.45) is 3.79. The Balaban J connectivity index is 2.12. The van der Waals surface area contributed by atoms with Crippen LogP contribution in [0.25, 0.3) is 11.0 Å². The van der Waals surface area contributed by atoms with Gasteiger partial charge in [0.25, 0.3) is 0 Å². The second-order valence-electron chi connectivity index (χ2n) is 4.34. The molecule has 1 aliphatic rings. The highest BCUT2D eigenvalue weighted by molar-refractivity contribution is 5.81. The summed E-state index contributed by atoms with van der Waals surface area (Å²) >= 11 is 0. The minimum atomic E-state index is -0.109. The lowest BCUT2D eigenvalue weighted by Gasteiger charge is -2.23. The molecule has 1 saturated heterocycles. The molecule has 2 nitrogen and oxygen atoms in total. The van der Waals surface area contributed by atoms with Gasteiger partial charge in [0.15, 0.2) is 0 Å². The van der Waals surface area contributed by atoms with Gasteiger partial charge in [-0.3, -0.25) is 0 Å². The van der Waals surface area contributed by atoms with Crippen molar-refractivity contribution in [1.82, 2.24) is 5.32 Å². The lowest BCUT2D eigenvalue weighted by Crippen LogP contribution is -2.28. The Labute approximate surface area is 93.4 Å². The van der Waals surface area contributed by atoms with Gasteiger partial charge in [-0.2, -0.15) is 0 Å². The molecule has 84 valence electrons. The molecule has 0 spiro atoms. The molecule has 1 aromatic carbocycles. The molecule has 0 amide bonds. The van der Waals surface area contributed by atoms with Gasteiger partial charge in [-0.05, 0) is 37.6 Å². The van der Waals surface area contributed by atoms with E-state index in [2.05, 4.69) is 5.32 Å². The molecule has 1 atom stereocenters. The Bertz CT molecular complexity index is 500. The maximum absolute atomic E-state index is 13.9. The molecule has 0 radical (unpaired) electrons. The minimum absolute atomic E-state index is 0.109. The molecule has 0 aliphatic carbocycles. The van der Waals surface area contributed by atoms with Gasteiger partial charge in [-0.1, -0.05) is 0 Å². The fourth-order valence-electron chi connectivity index (χ4n) is 2.55. The number of hydrogen-bond acceptors (Lipinski definition) is 2. The number of nitrogens with one attached hydrogen (secondary N) is 1. The highest BCUT2D eigenvalue weighted by Crippen LogP contribution is 2.32. The fourth-order valence-corrected chi connectivity index (χ4v) is 2.55.